The summed E-state index contributed by atoms with van der Waals surface area (Å²) in [7, 11) is 3.25. The summed E-state index contributed by atoms with van der Waals surface area (Å²) in [5.74, 6) is -7.18. The van der Waals surface area contributed by atoms with Crippen LogP contribution < -0.4 is 5.73 Å². The maximum absolute atomic E-state index is 14.1. The third kappa shape index (κ3) is 3.77. The molecule has 1 aromatic rings. The molecule has 0 heterocycles. The molecule has 7 atom stereocenters. The van der Waals surface area contributed by atoms with Crippen LogP contribution in [0.2, 0.25) is 0 Å². The normalized spacial score (nSPS) is 36.0. The minimum Gasteiger partial charge on any atom is -0.507 e. The SMILES string of the molecule is CCN(CC1CCCC1)C1(C)Cc2c1cc(O)c1c2CC2CC3C(N(C)C)C(=O)C(C(N)=O)C(=N)C3(O)C(=O)C2C1=O. The molecule has 0 aliphatic heterocycles. The summed E-state index contributed by atoms with van der Waals surface area (Å²) < 4.78 is 0. The van der Waals surface area contributed by atoms with E-state index in [0.717, 1.165) is 36.2 Å². The molecule has 0 radical (unpaired) electrons. The van der Waals surface area contributed by atoms with Crippen LogP contribution in [0.15, 0.2) is 6.07 Å². The zero-order chi connectivity index (χ0) is 30.5. The van der Waals surface area contributed by atoms with Crippen molar-refractivity contribution in [1.29, 1.82) is 5.41 Å². The Morgan fingerprint density at radius 1 is 1.17 bits per heavy atom. The van der Waals surface area contributed by atoms with E-state index in [4.69, 9.17) is 11.1 Å². The van der Waals surface area contributed by atoms with E-state index < -0.39 is 64.3 Å². The van der Waals surface area contributed by atoms with Gasteiger partial charge in [0.15, 0.2) is 23.0 Å². The number of hydrogen-bond donors (Lipinski definition) is 4. The van der Waals surface area contributed by atoms with Gasteiger partial charge in [0.05, 0.1) is 23.2 Å². The van der Waals surface area contributed by atoms with Crippen LogP contribution in [0.3, 0.4) is 0 Å². The number of phenols is 1. The quantitative estimate of drug-likeness (QED) is 0.370. The van der Waals surface area contributed by atoms with Gasteiger partial charge < -0.3 is 21.4 Å². The van der Waals surface area contributed by atoms with Crippen LogP contribution in [0.1, 0.15) is 73.0 Å². The van der Waals surface area contributed by atoms with Gasteiger partial charge in [0.2, 0.25) is 5.91 Å². The van der Waals surface area contributed by atoms with Crippen molar-refractivity contribution in [2.45, 2.75) is 76.0 Å². The predicted octanol–water partition coefficient (Wildman–Crippen LogP) is 1.60. The number of likely N-dealkylation sites (N-methyl/N-ethyl adjacent to an activating group) is 2. The van der Waals surface area contributed by atoms with Crippen molar-refractivity contribution >= 4 is 29.0 Å². The van der Waals surface area contributed by atoms with E-state index in [1.165, 1.54) is 25.7 Å². The van der Waals surface area contributed by atoms with E-state index >= 15 is 0 Å². The van der Waals surface area contributed by atoms with E-state index in [9.17, 15) is 29.4 Å². The van der Waals surface area contributed by atoms with E-state index in [-0.39, 0.29) is 23.3 Å². The van der Waals surface area contributed by atoms with Crippen LogP contribution in [0.25, 0.3) is 0 Å². The number of amides is 1. The summed E-state index contributed by atoms with van der Waals surface area (Å²) in [5, 5.41) is 31.7. The first-order valence-corrected chi connectivity index (χ1v) is 15.3. The highest BCUT2D eigenvalue weighted by atomic mass is 16.3. The number of Topliss-reactive ketones (excluding diaryl/α,β-unsaturated/α-hetero) is 3. The fourth-order valence-corrected chi connectivity index (χ4v) is 9.28. The first-order valence-electron chi connectivity index (χ1n) is 15.3. The predicted molar refractivity (Wildman–Crippen MR) is 154 cm³/mol. The van der Waals surface area contributed by atoms with E-state index in [0.29, 0.717) is 12.3 Å². The minimum absolute atomic E-state index is 0.125. The highest BCUT2D eigenvalue weighted by Crippen LogP contribution is 2.55. The Kier molecular flexibility index (Phi) is 6.79. The Morgan fingerprint density at radius 3 is 2.43 bits per heavy atom. The smallest absolute Gasteiger partial charge is 0.233 e. The molecule has 0 bridgehead atoms. The van der Waals surface area contributed by atoms with Crippen molar-refractivity contribution in [3.8, 4) is 5.75 Å². The zero-order valence-corrected chi connectivity index (χ0v) is 24.9. The van der Waals surface area contributed by atoms with E-state index in [1.54, 1.807) is 25.1 Å². The number of phenolic OH excluding ortho intramolecular Hbond substituents is 1. The lowest BCUT2D eigenvalue weighted by Crippen LogP contribution is -2.73. The third-order valence-electron chi connectivity index (χ3n) is 11.4. The molecule has 3 fully saturated rings. The van der Waals surface area contributed by atoms with E-state index in [2.05, 4.69) is 18.7 Å². The van der Waals surface area contributed by atoms with Gasteiger partial charge in [0.1, 0.15) is 11.7 Å². The van der Waals surface area contributed by atoms with Gasteiger partial charge in [-0.25, -0.2) is 0 Å². The van der Waals surface area contributed by atoms with Crippen LogP contribution in [0.5, 0.6) is 5.75 Å². The fraction of sp³-hybridized carbons (Fsp3) is 0.656. The summed E-state index contributed by atoms with van der Waals surface area (Å²) >= 11 is 0. The Morgan fingerprint density at radius 2 is 1.83 bits per heavy atom. The minimum atomic E-state index is -2.48. The number of nitrogens with one attached hydrogen (secondary N) is 1. The number of aromatic hydroxyl groups is 1. The molecule has 10 heteroatoms. The van der Waals surface area contributed by atoms with Crippen molar-refractivity contribution in [3.05, 3.63) is 28.3 Å². The Balaban J connectivity index is 1.39. The number of hydrogen-bond acceptors (Lipinski definition) is 9. The summed E-state index contributed by atoms with van der Waals surface area (Å²) in [4.78, 5) is 57.8. The number of carbonyl (C=O) groups excluding carboxylic acids is 4. The van der Waals surface area contributed by atoms with Crippen molar-refractivity contribution in [2.75, 3.05) is 27.2 Å². The van der Waals surface area contributed by atoms with Gasteiger partial charge in [0.25, 0.3) is 0 Å². The number of primary amides is 1. The van der Waals surface area contributed by atoms with Crippen LogP contribution in [0.4, 0.5) is 0 Å². The Bertz CT molecular complexity index is 1420. The Labute approximate surface area is 246 Å². The average Bonchev–Trinajstić information content (AvgIpc) is 3.43. The number of aliphatic hydroxyl groups is 1. The molecular weight excluding hydrogens is 536 g/mol. The number of rotatable bonds is 6. The molecule has 5 N–H and O–H groups in total. The molecule has 3 saturated carbocycles. The van der Waals surface area contributed by atoms with Crippen LogP contribution in [0, 0.1) is 35.0 Å². The maximum Gasteiger partial charge on any atom is 0.233 e. The zero-order valence-electron chi connectivity index (χ0n) is 24.9. The summed E-state index contributed by atoms with van der Waals surface area (Å²) in [6, 6.07) is 0.664. The lowest BCUT2D eigenvalue weighted by atomic mass is 9.51. The molecule has 10 nitrogen and oxygen atoms in total. The molecule has 6 rings (SSSR count). The maximum atomic E-state index is 14.1. The molecule has 0 aromatic heterocycles. The fourth-order valence-electron chi connectivity index (χ4n) is 9.28. The topological polar surface area (TPSA) is 165 Å². The Hall–Kier alpha value is -2.95. The number of benzene rings is 1. The average molecular weight is 579 g/mol. The third-order valence-corrected chi connectivity index (χ3v) is 11.4. The number of fused-ring (bicyclic) bond motifs is 5. The molecule has 5 aliphatic rings. The van der Waals surface area contributed by atoms with Gasteiger partial charge in [-0.1, -0.05) is 19.8 Å². The highest BCUT2D eigenvalue weighted by Gasteiger charge is 2.68. The largest absolute Gasteiger partial charge is 0.507 e. The molecule has 1 aromatic carbocycles. The second-order valence-electron chi connectivity index (χ2n) is 13.8. The lowest BCUT2D eigenvalue weighted by Gasteiger charge is -2.55. The first-order chi connectivity index (χ1) is 19.8. The van der Waals surface area contributed by atoms with Gasteiger partial charge in [-0.2, -0.15) is 0 Å². The van der Waals surface area contributed by atoms with Gasteiger partial charge in [-0.3, -0.25) is 29.0 Å². The first kappa shape index (κ1) is 29.1. The number of nitrogens with two attached hydrogens (primary N) is 1. The molecular formula is C32H42N4O6. The van der Waals surface area contributed by atoms with E-state index in [1.807, 2.05) is 0 Å². The molecule has 7 unspecified atom stereocenters. The molecule has 5 aliphatic carbocycles. The van der Waals surface area contributed by atoms with Crippen LogP contribution >= 0.6 is 0 Å². The number of carbonyl (C=O) groups is 4. The highest BCUT2D eigenvalue weighted by molar-refractivity contribution is 6.33. The molecule has 226 valence electrons. The second-order valence-corrected chi connectivity index (χ2v) is 13.8. The standard InChI is InChI=1S/C32H42N4O6/c1-5-36(14-15-8-6-7-9-15)31(2)13-18-17-10-16-11-20-25(35(3)4)27(39)24(30(34)41)28(33)32(20,42)29(40)22(16)26(38)23(17)21(37)12-19(18)31/h12,15-16,20,22,24-25,33,37,42H,5-11,13-14H2,1-4H3,(H2,34,41). The summed E-state index contributed by atoms with van der Waals surface area (Å²) in [6.07, 6.45) is 6.25. The van der Waals surface area contributed by atoms with Crippen molar-refractivity contribution in [1.82, 2.24) is 9.80 Å². The number of nitrogens with zero attached hydrogens (tertiary/aromatic N) is 2. The van der Waals surface area contributed by atoms with Gasteiger partial charge >= 0.3 is 0 Å². The number of ketones is 3. The molecule has 1 amide bonds. The van der Waals surface area contributed by atoms with Gasteiger partial charge in [-0.05, 0) is 94.3 Å². The summed E-state index contributed by atoms with van der Waals surface area (Å²) in [6.45, 7) is 6.24. The molecule has 42 heavy (non-hydrogen) atoms. The van der Waals surface area contributed by atoms with Crippen LogP contribution in [-0.4, -0.2) is 87.8 Å². The van der Waals surface area contributed by atoms with Crippen molar-refractivity contribution in [3.63, 3.8) is 0 Å². The van der Waals surface area contributed by atoms with Gasteiger partial charge in [-0.15, -0.1) is 0 Å². The summed E-state index contributed by atoms with van der Waals surface area (Å²) in [5.41, 5.74) is 4.94. The van der Waals surface area contributed by atoms with Crippen LogP contribution in [-0.2, 0) is 32.8 Å². The van der Waals surface area contributed by atoms with Crippen molar-refractivity contribution in [2.24, 2.45) is 35.3 Å². The van der Waals surface area contributed by atoms with Crippen molar-refractivity contribution < 1.29 is 29.4 Å². The lowest BCUT2D eigenvalue weighted by molar-refractivity contribution is -0.157. The van der Waals surface area contributed by atoms with Gasteiger partial charge in [0, 0.05) is 18.0 Å². The second kappa shape index (κ2) is 9.79. The molecule has 0 saturated heterocycles. The monoisotopic (exact) mass is 578 g/mol. The molecule has 0 spiro atoms.